The number of hydrogen-bond donors (Lipinski definition) is 2. The summed E-state index contributed by atoms with van der Waals surface area (Å²) in [6.45, 7) is 6.95. The Kier molecular flexibility index (Phi) is 4.45. The van der Waals surface area contributed by atoms with Crippen molar-refractivity contribution in [1.29, 1.82) is 0 Å². The first-order chi connectivity index (χ1) is 9.49. The van der Waals surface area contributed by atoms with Gasteiger partial charge >= 0.3 is 0 Å². The summed E-state index contributed by atoms with van der Waals surface area (Å²) >= 11 is 1.72. The van der Waals surface area contributed by atoms with Gasteiger partial charge in [-0.3, -0.25) is 0 Å². The molecule has 0 amide bonds. The Labute approximate surface area is 123 Å². The highest BCUT2D eigenvalue weighted by Crippen LogP contribution is 2.31. The molecule has 5 nitrogen and oxygen atoms in total. The highest BCUT2D eigenvalue weighted by molar-refractivity contribution is 7.18. The topological polar surface area (TPSA) is 59.1 Å². The Morgan fingerprint density at radius 2 is 2.10 bits per heavy atom. The van der Waals surface area contributed by atoms with Gasteiger partial charge in [0.1, 0.15) is 10.6 Å². The molecule has 0 aromatic carbocycles. The number of aryl methyl sites for hydroxylation is 1. The van der Waals surface area contributed by atoms with Crippen LogP contribution in [0.2, 0.25) is 0 Å². The van der Waals surface area contributed by atoms with Gasteiger partial charge in [0.05, 0.1) is 17.5 Å². The van der Waals surface area contributed by atoms with Gasteiger partial charge in [-0.25, -0.2) is 4.98 Å². The molecule has 0 saturated carbocycles. The van der Waals surface area contributed by atoms with Crippen molar-refractivity contribution in [3.05, 3.63) is 10.9 Å². The van der Waals surface area contributed by atoms with E-state index < -0.39 is 0 Å². The minimum absolute atomic E-state index is 0.185. The van der Waals surface area contributed by atoms with Gasteiger partial charge in [0.2, 0.25) is 5.95 Å². The summed E-state index contributed by atoms with van der Waals surface area (Å²) in [6, 6.07) is 2.17. The third-order valence-electron chi connectivity index (χ3n) is 2.98. The van der Waals surface area contributed by atoms with Gasteiger partial charge in [-0.2, -0.15) is 4.98 Å². The number of methoxy groups -OCH3 is 1. The van der Waals surface area contributed by atoms with Crippen molar-refractivity contribution in [2.45, 2.75) is 32.7 Å². The summed E-state index contributed by atoms with van der Waals surface area (Å²) in [7, 11) is 3.54. The average molecular weight is 294 g/mol. The predicted octanol–water partition coefficient (Wildman–Crippen LogP) is 3.13. The monoisotopic (exact) mass is 294 g/mol. The molecule has 0 fully saturated rings. The van der Waals surface area contributed by atoms with Crippen molar-refractivity contribution in [3.8, 4) is 0 Å². The number of rotatable bonds is 6. The van der Waals surface area contributed by atoms with Crippen molar-refractivity contribution in [1.82, 2.24) is 9.97 Å². The summed E-state index contributed by atoms with van der Waals surface area (Å²) in [4.78, 5) is 11.4. The molecule has 0 unspecified atom stereocenters. The predicted molar refractivity (Wildman–Crippen MR) is 85.9 cm³/mol. The molecule has 0 aliphatic rings. The number of anilines is 2. The number of aromatic nitrogens is 2. The molecular weight excluding hydrogens is 272 g/mol. The first-order valence-electron chi connectivity index (χ1n) is 6.74. The van der Waals surface area contributed by atoms with Crippen molar-refractivity contribution in [2.24, 2.45) is 0 Å². The van der Waals surface area contributed by atoms with Crippen LogP contribution in [0.25, 0.3) is 10.2 Å². The lowest BCUT2D eigenvalue weighted by molar-refractivity contribution is 0.158. The Hall–Kier alpha value is -1.40. The number of nitrogens with one attached hydrogen (secondary N) is 2. The zero-order valence-electron chi connectivity index (χ0n) is 12.7. The van der Waals surface area contributed by atoms with E-state index in [1.165, 1.54) is 4.88 Å². The van der Waals surface area contributed by atoms with Crippen LogP contribution in [0, 0.1) is 0 Å². The fourth-order valence-electron chi connectivity index (χ4n) is 2.07. The lowest BCUT2D eigenvalue weighted by Crippen LogP contribution is -2.36. The molecule has 0 spiro atoms. The molecule has 2 aromatic rings. The standard InChI is InChI=1S/C14H22N4OS/c1-6-9-7-10-11(18-14(2,3)8-19-5)16-13(15-4)17-12(10)20-9/h7H,6,8H2,1-5H3,(H2,15,16,17,18). The summed E-state index contributed by atoms with van der Waals surface area (Å²) in [5, 5.41) is 7.56. The maximum absolute atomic E-state index is 5.25. The first-order valence-corrected chi connectivity index (χ1v) is 7.56. The lowest BCUT2D eigenvalue weighted by atomic mass is 10.1. The number of fused-ring (bicyclic) bond motifs is 1. The fraction of sp³-hybridized carbons (Fsp3) is 0.571. The van der Waals surface area contributed by atoms with Crippen molar-refractivity contribution >= 4 is 33.3 Å². The summed E-state index contributed by atoms with van der Waals surface area (Å²) in [6.07, 6.45) is 1.01. The minimum Gasteiger partial charge on any atom is -0.382 e. The van der Waals surface area contributed by atoms with Crippen molar-refractivity contribution in [2.75, 3.05) is 31.4 Å². The molecule has 2 N–H and O–H groups in total. The fourth-order valence-corrected chi connectivity index (χ4v) is 3.04. The van der Waals surface area contributed by atoms with E-state index in [1.54, 1.807) is 18.4 Å². The highest BCUT2D eigenvalue weighted by Gasteiger charge is 2.20. The van der Waals surface area contributed by atoms with E-state index in [0.717, 1.165) is 22.5 Å². The zero-order valence-corrected chi connectivity index (χ0v) is 13.5. The van der Waals surface area contributed by atoms with Crippen molar-refractivity contribution < 1.29 is 4.74 Å². The van der Waals surface area contributed by atoms with Crippen molar-refractivity contribution in [3.63, 3.8) is 0 Å². The Bertz CT molecular complexity index is 594. The average Bonchev–Trinajstić information content (AvgIpc) is 2.81. The molecule has 0 bridgehead atoms. The molecule has 0 radical (unpaired) electrons. The van der Waals surface area contributed by atoms with E-state index in [9.17, 15) is 0 Å². The van der Waals surface area contributed by atoms with Gasteiger partial charge in [0.25, 0.3) is 0 Å². The van der Waals surface area contributed by atoms with E-state index >= 15 is 0 Å². The number of ether oxygens (including phenoxy) is 1. The molecule has 0 aliphatic heterocycles. The van der Waals surface area contributed by atoms with Gasteiger partial charge in [-0.15, -0.1) is 11.3 Å². The summed E-state index contributed by atoms with van der Waals surface area (Å²) in [5.74, 6) is 1.50. The molecule has 2 heterocycles. The molecular formula is C14H22N4OS. The normalized spacial score (nSPS) is 11.8. The SMILES string of the molecule is CCc1cc2c(NC(C)(C)COC)nc(NC)nc2s1. The van der Waals surface area contributed by atoms with E-state index in [4.69, 9.17) is 4.74 Å². The number of nitrogens with zero attached hydrogens (tertiary/aromatic N) is 2. The number of hydrogen-bond acceptors (Lipinski definition) is 6. The molecule has 6 heteroatoms. The first kappa shape index (κ1) is 15.0. The van der Waals surface area contributed by atoms with Crippen LogP contribution < -0.4 is 10.6 Å². The van der Waals surface area contributed by atoms with Crippen LogP contribution in [0.3, 0.4) is 0 Å². The molecule has 0 atom stereocenters. The summed E-state index contributed by atoms with van der Waals surface area (Å²) in [5.41, 5.74) is -0.185. The molecule has 2 aromatic heterocycles. The maximum Gasteiger partial charge on any atom is 0.225 e. The van der Waals surface area contributed by atoms with Crippen LogP contribution in [-0.2, 0) is 11.2 Å². The van der Waals surface area contributed by atoms with Gasteiger partial charge in [-0.05, 0) is 26.3 Å². The van der Waals surface area contributed by atoms with Crippen LogP contribution in [0.15, 0.2) is 6.07 Å². The summed E-state index contributed by atoms with van der Waals surface area (Å²) < 4.78 is 5.25. The minimum atomic E-state index is -0.185. The quantitative estimate of drug-likeness (QED) is 0.857. The number of thiophene rings is 1. The van der Waals surface area contributed by atoms with Gasteiger partial charge < -0.3 is 15.4 Å². The van der Waals surface area contributed by atoms with E-state index in [0.29, 0.717) is 12.6 Å². The Morgan fingerprint density at radius 1 is 1.35 bits per heavy atom. The lowest BCUT2D eigenvalue weighted by Gasteiger charge is -2.26. The second-order valence-electron chi connectivity index (χ2n) is 5.37. The molecule has 0 aliphatic carbocycles. The van der Waals surface area contributed by atoms with Gasteiger partial charge in [0.15, 0.2) is 0 Å². The van der Waals surface area contributed by atoms with Gasteiger partial charge in [0, 0.05) is 19.0 Å². The third kappa shape index (κ3) is 3.19. The zero-order chi connectivity index (χ0) is 14.8. The van der Waals surface area contributed by atoms with E-state index in [-0.39, 0.29) is 5.54 Å². The van der Waals surface area contributed by atoms with Crippen LogP contribution in [-0.4, -0.2) is 36.3 Å². The smallest absolute Gasteiger partial charge is 0.225 e. The second-order valence-corrected chi connectivity index (χ2v) is 6.49. The third-order valence-corrected chi connectivity index (χ3v) is 4.15. The molecule has 2 rings (SSSR count). The molecule has 0 saturated heterocycles. The van der Waals surface area contributed by atoms with Crippen LogP contribution in [0.4, 0.5) is 11.8 Å². The van der Waals surface area contributed by atoms with Gasteiger partial charge in [-0.1, -0.05) is 6.92 Å². The Morgan fingerprint density at radius 3 is 2.70 bits per heavy atom. The van der Waals surface area contributed by atoms with Crippen LogP contribution in [0.5, 0.6) is 0 Å². The largest absolute Gasteiger partial charge is 0.382 e. The van der Waals surface area contributed by atoms with E-state index in [2.05, 4.69) is 47.4 Å². The molecule has 110 valence electrons. The molecule has 20 heavy (non-hydrogen) atoms. The highest BCUT2D eigenvalue weighted by atomic mass is 32.1. The van der Waals surface area contributed by atoms with E-state index in [1.807, 2.05) is 7.05 Å². The Balaban J connectivity index is 2.46. The van der Waals surface area contributed by atoms with Crippen LogP contribution in [0.1, 0.15) is 25.6 Å². The second kappa shape index (κ2) is 5.93. The van der Waals surface area contributed by atoms with Crippen LogP contribution >= 0.6 is 11.3 Å². The maximum atomic E-state index is 5.25.